The molecule has 1 unspecified atom stereocenters. The number of carboxylic acids is 2. The second-order valence-corrected chi connectivity index (χ2v) is 12.4. The lowest BCUT2D eigenvalue weighted by molar-refractivity contribution is -0.133. The summed E-state index contributed by atoms with van der Waals surface area (Å²) in [6.45, 7) is 3.18. The molecule has 4 rings (SSSR count). The van der Waals surface area contributed by atoms with E-state index in [9.17, 15) is 53.2 Å². The van der Waals surface area contributed by atoms with Gasteiger partial charge in [-0.1, -0.05) is 68.4 Å². The van der Waals surface area contributed by atoms with Crippen molar-refractivity contribution in [2.45, 2.75) is 51.0 Å². The van der Waals surface area contributed by atoms with Crippen LogP contribution in [0.15, 0.2) is 91.0 Å². The van der Waals surface area contributed by atoms with Crippen molar-refractivity contribution in [1.82, 2.24) is 10.6 Å². The molecule has 4 aromatic rings. The molecule has 0 heterocycles. The van der Waals surface area contributed by atoms with Crippen molar-refractivity contribution in [2.75, 3.05) is 5.32 Å². The lowest BCUT2D eigenvalue weighted by Gasteiger charge is -2.27. The van der Waals surface area contributed by atoms with Crippen molar-refractivity contribution in [1.29, 1.82) is 0 Å². The molecule has 0 aromatic heterocycles. The van der Waals surface area contributed by atoms with Crippen molar-refractivity contribution < 1.29 is 53.2 Å². The number of halogens is 2. The van der Waals surface area contributed by atoms with E-state index in [-0.39, 0.29) is 23.2 Å². The Morgan fingerprint density at radius 3 is 1.87 bits per heavy atom. The van der Waals surface area contributed by atoms with Gasteiger partial charge in [0.25, 0.3) is 5.91 Å². The Morgan fingerprint density at radius 2 is 1.29 bits per heavy atom. The van der Waals surface area contributed by atoms with Gasteiger partial charge in [-0.2, -0.15) is 0 Å². The fraction of sp³-hybridized carbons (Fsp3) is 0.237. The third-order valence-corrected chi connectivity index (χ3v) is 8.11. The average molecular weight is 718 g/mol. The van der Waals surface area contributed by atoms with Gasteiger partial charge >= 0.3 is 11.9 Å². The molecule has 0 aliphatic carbocycles. The first-order valence-electron chi connectivity index (χ1n) is 16.1. The van der Waals surface area contributed by atoms with Crippen molar-refractivity contribution in [3.05, 3.63) is 125 Å². The highest BCUT2D eigenvalue weighted by atomic mass is 19.1. The molecule has 4 aromatic carbocycles. The quantitative estimate of drug-likeness (QED) is 0.0935. The van der Waals surface area contributed by atoms with E-state index in [2.05, 4.69) is 16.0 Å². The fourth-order valence-corrected chi connectivity index (χ4v) is 5.55. The summed E-state index contributed by atoms with van der Waals surface area (Å²) < 4.78 is 28.2. The number of aliphatic hydroxyl groups excluding tert-OH is 2. The van der Waals surface area contributed by atoms with Crippen LogP contribution in [0.25, 0.3) is 11.1 Å². The van der Waals surface area contributed by atoms with Crippen LogP contribution in [0.4, 0.5) is 14.5 Å². The summed E-state index contributed by atoms with van der Waals surface area (Å²) in [5.74, 6) is -7.92. The predicted octanol–water partition coefficient (Wildman–Crippen LogP) is 4.32. The lowest BCUT2D eigenvalue weighted by Crippen LogP contribution is -2.51. The zero-order valence-electron chi connectivity index (χ0n) is 28.0. The normalized spacial score (nSPS) is 13.4. The summed E-state index contributed by atoms with van der Waals surface area (Å²) in [6, 6.07) is 18.6. The minimum atomic E-state index is -1.75. The number of carbonyl (C=O) groups excluding carboxylic acids is 3. The monoisotopic (exact) mass is 717 g/mol. The number of hydrogen-bond acceptors (Lipinski definition) is 7. The van der Waals surface area contributed by atoms with Crippen LogP contribution in [0.2, 0.25) is 0 Å². The van der Waals surface area contributed by atoms with Crippen molar-refractivity contribution in [2.24, 2.45) is 5.92 Å². The minimum Gasteiger partial charge on any atom is -0.478 e. The zero-order valence-corrected chi connectivity index (χ0v) is 28.0. The standard InChI is InChI=1S/C38H37F2N3O9/c1-20(2)33(35(47)41-27-16-23(37(49)50)15-24(17-27)38(51)52)43-32(45)19-31(44)30(14-21-12-25(39)18-26(40)13-21)42-36(48)34(46)29-11-7-6-10-28(29)22-8-4-3-5-9-22/h3-13,15-18,20,30-31,33-34,44,46H,14,19H2,1-2H3,(H,41,47)(H,42,48)(H,43,45)(H,49,50)(H,51,52)/t30-,31-,33-,34?/m0/s1. The number of rotatable bonds is 15. The van der Waals surface area contributed by atoms with Crippen LogP contribution in [0.5, 0.6) is 0 Å². The minimum absolute atomic E-state index is 0.0326. The molecule has 3 amide bonds. The smallest absolute Gasteiger partial charge is 0.335 e. The molecule has 0 spiro atoms. The van der Waals surface area contributed by atoms with E-state index >= 15 is 0 Å². The Labute approximate surface area is 297 Å². The molecule has 7 N–H and O–H groups in total. The highest BCUT2D eigenvalue weighted by Gasteiger charge is 2.31. The molecule has 14 heteroatoms. The Hall–Kier alpha value is -5.99. The molecule has 0 bridgehead atoms. The second-order valence-electron chi connectivity index (χ2n) is 12.4. The number of aliphatic hydroxyl groups is 2. The molecule has 4 atom stereocenters. The van der Waals surface area contributed by atoms with E-state index in [1.165, 1.54) is 0 Å². The van der Waals surface area contributed by atoms with Crippen LogP contribution in [-0.4, -0.2) is 68.3 Å². The number of benzene rings is 4. The van der Waals surface area contributed by atoms with Gasteiger partial charge < -0.3 is 36.4 Å². The molecular formula is C38H37F2N3O9. The molecule has 0 radical (unpaired) electrons. The van der Waals surface area contributed by atoms with Crippen molar-refractivity contribution in [3.8, 4) is 11.1 Å². The van der Waals surface area contributed by atoms with E-state index < -0.39 is 89.1 Å². The van der Waals surface area contributed by atoms with Crippen LogP contribution in [-0.2, 0) is 20.8 Å². The van der Waals surface area contributed by atoms with Crippen LogP contribution in [0.1, 0.15) is 58.2 Å². The van der Waals surface area contributed by atoms with Crippen LogP contribution in [0.3, 0.4) is 0 Å². The molecule has 12 nitrogen and oxygen atoms in total. The molecule has 0 saturated heterocycles. The van der Waals surface area contributed by atoms with Crippen molar-refractivity contribution in [3.63, 3.8) is 0 Å². The van der Waals surface area contributed by atoms with E-state index in [0.717, 1.165) is 30.3 Å². The maximum absolute atomic E-state index is 14.1. The molecule has 0 fully saturated rings. The number of amides is 3. The van der Waals surface area contributed by atoms with Gasteiger partial charge in [-0.15, -0.1) is 0 Å². The van der Waals surface area contributed by atoms with Gasteiger partial charge in [0.15, 0.2) is 6.10 Å². The summed E-state index contributed by atoms with van der Waals surface area (Å²) in [5, 5.41) is 48.5. The molecule has 0 aliphatic heterocycles. The van der Waals surface area contributed by atoms with Gasteiger partial charge in [0, 0.05) is 11.8 Å². The Morgan fingerprint density at radius 1 is 0.712 bits per heavy atom. The fourth-order valence-electron chi connectivity index (χ4n) is 5.55. The maximum Gasteiger partial charge on any atom is 0.335 e. The number of carbonyl (C=O) groups is 5. The Kier molecular flexibility index (Phi) is 12.9. The first-order chi connectivity index (χ1) is 24.6. The van der Waals surface area contributed by atoms with Crippen LogP contribution < -0.4 is 16.0 Å². The number of aromatic carboxylic acids is 2. The second kappa shape index (κ2) is 17.3. The van der Waals surface area contributed by atoms with E-state index in [1.807, 2.05) is 0 Å². The summed E-state index contributed by atoms with van der Waals surface area (Å²) in [4.78, 5) is 62.9. The third kappa shape index (κ3) is 10.3. The van der Waals surface area contributed by atoms with E-state index in [0.29, 0.717) is 17.2 Å². The molecule has 0 saturated carbocycles. The molecule has 52 heavy (non-hydrogen) atoms. The SMILES string of the molecule is CC(C)[C@H](NC(=O)C[C@H](O)[C@H](Cc1cc(F)cc(F)c1)NC(=O)C(O)c1ccccc1-c1ccccc1)C(=O)Nc1cc(C(=O)O)cc(C(=O)O)c1. The zero-order chi connectivity index (χ0) is 38.1. The highest BCUT2D eigenvalue weighted by Crippen LogP contribution is 2.29. The molecule has 0 aliphatic rings. The van der Waals surface area contributed by atoms with Gasteiger partial charge in [-0.3, -0.25) is 14.4 Å². The number of hydrogen-bond donors (Lipinski definition) is 7. The van der Waals surface area contributed by atoms with Gasteiger partial charge in [-0.05, 0) is 64.9 Å². The first-order valence-corrected chi connectivity index (χ1v) is 16.1. The van der Waals surface area contributed by atoms with E-state index in [1.54, 1.807) is 68.4 Å². The lowest BCUT2D eigenvalue weighted by atomic mass is 9.94. The van der Waals surface area contributed by atoms with Crippen LogP contribution >= 0.6 is 0 Å². The molecule has 272 valence electrons. The summed E-state index contributed by atoms with van der Waals surface area (Å²) in [5.41, 5.74) is 0.594. The van der Waals surface area contributed by atoms with Crippen molar-refractivity contribution >= 4 is 35.3 Å². The van der Waals surface area contributed by atoms with E-state index in [4.69, 9.17) is 0 Å². The first kappa shape index (κ1) is 38.8. The number of anilines is 1. The summed E-state index contributed by atoms with van der Waals surface area (Å²) in [6.07, 6.45) is -4.53. The largest absolute Gasteiger partial charge is 0.478 e. The van der Waals surface area contributed by atoms with Gasteiger partial charge in [0.2, 0.25) is 11.8 Å². The third-order valence-electron chi connectivity index (χ3n) is 8.11. The maximum atomic E-state index is 14.1. The van der Waals surface area contributed by atoms with Gasteiger partial charge in [-0.25, -0.2) is 18.4 Å². The predicted molar refractivity (Wildman–Crippen MR) is 185 cm³/mol. The number of carboxylic acid groups (broad SMARTS) is 2. The number of nitrogens with one attached hydrogen (secondary N) is 3. The summed E-state index contributed by atoms with van der Waals surface area (Å²) >= 11 is 0. The average Bonchev–Trinajstić information content (AvgIpc) is 3.09. The summed E-state index contributed by atoms with van der Waals surface area (Å²) in [7, 11) is 0. The Balaban J connectivity index is 1.53. The van der Waals surface area contributed by atoms with Crippen LogP contribution in [0, 0.1) is 17.6 Å². The van der Waals surface area contributed by atoms with Gasteiger partial charge in [0.05, 0.1) is 29.7 Å². The topological polar surface area (TPSA) is 202 Å². The molecular weight excluding hydrogens is 680 g/mol. The highest BCUT2D eigenvalue weighted by molar-refractivity contribution is 6.01. The van der Waals surface area contributed by atoms with Gasteiger partial charge in [0.1, 0.15) is 17.7 Å². The Bertz CT molecular complexity index is 1900.